The predicted octanol–water partition coefficient (Wildman–Crippen LogP) is 2.21. The number of sulfonamides is 1. The van der Waals surface area contributed by atoms with Crippen LogP contribution in [0.2, 0.25) is 5.02 Å². The lowest BCUT2D eigenvalue weighted by Crippen LogP contribution is -2.12. The van der Waals surface area contributed by atoms with Crippen LogP contribution in [-0.4, -0.2) is 18.2 Å². The summed E-state index contributed by atoms with van der Waals surface area (Å²) in [4.78, 5) is 0.0241. The van der Waals surface area contributed by atoms with Crippen molar-refractivity contribution in [2.24, 2.45) is 5.14 Å². The van der Waals surface area contributed by atoms with E-state index in [2.05, 4.69) is 17.3 Å². The Balaban J connectivity index is 2.12. The lowest BCUT2D eigenvalue weighted by molar-refractivity contribution is 0.598. The van der Waals surface area contributed by atoms with E-state index in [9.17, 15) is 8.42 Å². The molecule has 114 valence electrons. The summed E-state index contributed by atoms with van der Waals surface area (Å²) in [7, 11) is -3.74. The predicted molar refractivity (Wildman–Crippen MR) is 82.7 cm³/mol. The van der Waals surface area contributed by atoms with E-state index in [1.807, 2.05) is 10.9 Å². The quantitative estimate of drug-likeness (QED) is 0.850. The number of anilines is 1. The van der Waals surface area contributed by atoms with E-state index in [0.717, 1.165) is 18.5 Å². The molecule has 2 aromatic rings. The average molecular weight is 329 g/mol. The fourth-order valence-corrected chi connectivity index (χ4v) is 2.59. The van der Waals surface area contributed by atoms with Crippen molar-refractivity contribution < 1.29 is 8.42 Å². The average Bonchev–Trinajstić information content (AvgIpc) is 2.84. The molecule has 0 aliphatic rings. The Kier molecular flexibility index (Phi) is 4.87. The van der Waals surface area contributed by atoms with Crippen LogP contribution < -0.4 is 10.5 Å². The van der Waals surface area contributed by atoms with Crippen LogP contribution in [0, 0.1) is 0 Å². The SMILES string of the molecule is CCCn1cc(CNc2cc(S(N)(=O)=O)ccc2Cl)cn1. The first-order valence-corrected chi connectivity index (χ1v) is 8.40. The van der Waals surface area contributed by atoms with E-state index in [1.165, 1.54) is 18.2 Å². The van der Waals surface area contributed by atoms with E-state index >= 15 is 0 Å². The maximum Gasteiger partial charge on any atom is 0.238 e. The zero-order valence-corrected chi connectivity index (χ0v) is 13.2. The van der Waals surface area contributed by atoms with Crippen molar-refractivity contribution >= 4 is 27.3 Å². The molecule has 0 spiro atoms. The Hall–Kier alpha value is -1.57. The van der Waals surface area contributed by atoms with Crippen molar-refractivity contribution in [3.05, 3.63) is 41.2 Å². The van der Waals surface area contributed by atoms with Gasteiger partial charge in [-0.15, -0.1) is 0 Å². The number of nitrogens with two attached hydrogens (primary N) is 1. The molecule has 3 N–H and O–H groups in total. The number of aryl methyl sites for hydroxylation is 1. The molecule has 0 radical (unpaired) electrons. The molecular formula is C13H17ClN4O2S. The number of benzene rings is 1. The van der Waals surface area contributed by atoms with Gasteiger partial charge in [0.2, 0.25) is 10.0 Å². The van der Waals surface area contributed by atoms with Crippen LogP contribution >= 0.6 is 11.6 Å². The van der Waals surface area contributed by atoms with Gasteiger partial charge < -0.3 is 5.32 Å². The monoisotopic (exact) mass is 328 g/mol. The topological polar surface area (TPSA) is 90.0 Å². The Morgan fingerprint density at radius 1 is 1.43 bits per heavy atom. The zero-order chi connectivity index (χ0) is 15.5. The smallest absolute Gasteiger partial charge is 0.238 e. The molecule has 1 aromatic heterocycles. The maximum atomic E-state index is 11.3. The standard InChI is InChI=1S/C13H17ClN4O2S/c1-2-5-18-9-10(8-17-18)7-16-13-6-11(21(15,19)20)3-4-12(13)14/h3-4,6,8-9,16H,2,5,7H2,1H3,(H2,15,19,20). The number of hydrogen-bond acceptors (Lipinski definition) is 4. The fourth-order valence-electron chi connectivity index (χ4n) is 1.86. The van der Waals surface area contributed by atoms with Crippen LogP contribution in [0.1, 0.15) is 18.9 Å². The maximum absolute atomic E-state index is 11.3. The van der Waals surface area contributed by atoms with Crippen LogP contribution in [-0.2, 0) is 23.1 Å². The summed E-state index contributed by atoms with van der Waals surface area (Å²) in [5.74, 6) is 0. The molecule has 0 unspecified atom stereocenters. The molecule has 0 aliphatic carbocycles. The van der Waals surface area contributed by atoms with Crippen molar-refractivity contribution in [2.45, 2.75) is 31.3 Å². The van der Waals surface area contributed by atoms with Crippen molar-refractivity contribution in [1.29, 1.82) is 0 Å². The van der Waals surface area contributed by atoms with E-state index in [-0.39, 0.29) is 4.90 Å². The molecule has 0 aliphatic heterocycles. The van der Waals surface area contributed by atoms with Crippen LogP contribution in [0.4, 0.5) is 5.69 Å². The van der Waals surface area contributed by atoms with Gasteiger partial charge >= 0.3 is 0 Å². The Labute approximate surface area is 129 Å². The van der Waals surface area contributed by atoms with Gasteiger partial charge in [-0.1, -0.05) is 18.5 Å². The highest BCUT2D eigenvalue weighted by Gasteiger charge is 2.10. The van der Waals surface area contributed by atoms with Gasteiger partial charge in [0, 0.05) is 24.8 Å². The summed E-state index contributed by atoms with van der Waals surface area (Å²) < 4.78 is 24.5. The van der Waals surface area contributed by atoms with Crippen molar-refractivity contribution in [3.63, 3.8) is 0 Å². The highest BCUT2D eigenvalue weighted by molar-refractivity contribution is 7.89. The molecular weight excluding hydrogens is 312 g/mol. The molecule has 2 rings (SSSR count). The minimum atomic E-state index is -3.74. The third kappa shape index (κ3) is 4.20. The third-order valence-corrected chi connectivity index (χ3v) is 4.13. The van der Waals surface area contributed by atoms with Crippen molar-refractivity contribution in [3.8, 4) is 0 Å². The summed E-state index contributed by atoms with van der Waals surface area (Å²) in [5.41, 5.74) is 1.51. The number of halogens is 1. The first-order chi connectivity index (χ1) is 9.90. The molecule has 0 saturated carbocycles. The van der Waals surface area contributed by atoms with Gasteiger partial charge in [0.05, 0.1) is 21.8 Å². The summed E-state index contributed by atoms with van der Waals surface area (Å²) in [6.45, 7) is 3.44. The molecule has 1 heterocycles. The number of hydrogen-bond donors (Lipinski definition) is 2. The van der Waals surface area contributed by atoms with E-state index in [4.69, 9.17) is 16.7 Å². The number of nitrogens with one attached hydrogen (secondary N) is 1. The second kappa shape index (κ2) is 6.46. The number of primary sulfonamides is 1. The van der Waals surface area contributed by atoms with E-state index in [0.29, 0.717) is 17.3 Å². The second-order valence-corrected chi connectivity index (χ2v) is 6.62. The van der Waals surface area contributed by atoms with Gasteiger partial charge in [-0.25, -0.2) is 13.6 Å². The van der Waals surface area contributed by atoms with Gasteiger partial charge in [0.25, 0.3) is 0 Å². The molecule has 6 nitrogen and oxygen atoms in total. The largest absolute Gasteiger partial charge is 0.380 e. The molecule has 0 atom stereocenters. The van der Waals surface area contributed by atoms with Crippen LogP contribution in [0.3, 0.4) is 0 Å². The summed E-state index contributed by atoms with van der Waals surface area (Å²) in [5, 5.41) is 12.9. The Bertz CT molecular complexity index is 728. The third-order valence-electron chi connectivity index (χ3n) is 2.89. The first-order valence-electron chi connectivity index (χ1n) is 6.47. The van der Waals surface area contributed by atoms with Gasteiger partial charge in [-0.2, -0.15) is 5.10 Å². The van der Waals surface area contributed by atoms with E-state index in [1.54, 1.807) is 6.20 Å². The highest BCUT2D eigenvalue weighted by Crippen LogP contribution is 2.25. The Morgan fingerprint density at radius 2 is 2.19 bits per heavy atom. The molecule has 0 saturated heterocycles. The number of rotatable bonds is 6. The summed E-state index contributed by atoms with van der Waals surface area (Å²) in [6.07, 6.45) is 4.71. The second-order valence-electron chi connectivity index (χ2n) is 4.65. The van der Waals surface area contributed by atoms with Crippen LogP contribution in [0.15, 0.2) is 35.5 Å². The lowest BCUT2D eigenvalue weighted by atomic mass is 10.3. The number of nitrogens with zero attached hydrogens (tertiary/aromatic N) is 2. The summed E-state index contributed by atoms with van der Waals surface area (Å²) >= 11 is 6.05. The fraction of sp³-hybridized carbons (Fsp3) is 0.308. The van der Waals surface area contributed by atoms with Gasteiger partial charge in [-0.3, -0.25) is 4.68 Å². The van der Waals surface area contributed by atoms with Crippen molar-refractivity contribution in [1.82, 2.24) is 9.78 Å². The molecule has 0 bridgehead atoms. The minimum absolute atomic E-state index is 0.0241. The Morgan fingerprint density at radius 3 is 2.86 bits per heavy atom. The van der Waals surface area contributed by atoms with E-state index < -0.39 is 10.0 Å². The van der Waals surface area contributed by atoms with Gasteiger partial charge in [0.1, 0.15) is 0 Å². The molecule has 1 aromatic carbocycles. The van der Waals surface area contributed by atoms with Crippen molar-refractivity contribution in [2.75, 3.05) is 5.32 Å². The normalized spacial score (nSPS) is 11.6. The lowest BCUT2D eigenvalue weighted by Gasteiger charge is -2.08. The first kappa shape index (κ1) is 15.8. The molecule has 0 amide bonds. The summed E-state index contributed by atoms with van der Waals surface area (Å²) in [6, 6.07) is 4.31. The highest BCUT2D eigenvalue weighted by atomic mass is 35.5. The van der Waals surface area contributed by atoms with Crippen LogP contribution in [0.25, 0.3) is 0 Å². The molecule has 21 heavy (non-hydrogen) atoms. The van der Waals surface area contributed by atoms with Gasteiger partial charge in [-0.05, 0) is 24.6 Å². The minimum Gasteiger partial charge on any atom is -0.380 e. The number of aromatic nitrogens is 2. The molecule has 0 fully saturated rings. The van der Waals surface area contributed by atoms with Crippen LogP contribution in [0.5, 0.6) is 0 Å². The zero-order valence-electron chi connectivity index (χ0n) is 11.6. The van der Waals surface area contributed by atoms with Gasteiger partial charge in [0.15, 0.2) is 0 Å². The molecule has 8 heteroatoms.